The molecule has 10 atom stereocenters. The number of carbonyl (C=O) groups is 2. The number of methoxy groups -OCH3 is 1. The highest BCUT2D eigenvalue weighted by Gasteiger charge is 2.80. The van der Waals surface area contributed by atoms with Gasteiger partial charge in [0.15, 0.2) is 6.10 Å². The SMILES string of the molecule is CCC1(C)C[C@H]2CN(CCc3c([nH]c4ccccc34)[C@@](C)(c3cc4c(cc3C)N(C)[C@H]3C(O)(C(=O)OC)[C@H](OC(C)=O)[C@]5(CC)C=CCN6CC[C@]43[C@@H]65)C2)C1. The van der Waals surface area contributed by atoms with E-state index < -0.39 is 40.5 Å². The van der Waals surface area contributed by atoms with Crippen LogP contribution in [0.15, 0.2) is 48.6 Å². The number of aliphatic hydroxyl groups is 1. The van der Waals surface area contributed by atoms with Crippen molar-refractivity contribution in [2.45, 2.75) is 115 Å². The Labute approximate surface area is 326 Å². The van der Waals surface area contributed by atoms with Crippen molar-refractivity contribution in [1.29, 1.82) is 0 Å². The summed E-state index contributed by atoms with van der Waals surface area (Å²) in [6.07, 6.45) is 8.89. The minimum absolute atomic E-state index is 0.109. The molecule has 2 aromatic carbocycles. The van der Waals surface area contributed by atoms with Crippen LogP contribution in [0.3, 0.4) is 0 Å². The molecule has 3 fully saturated rings. The number of ether oxygens (including phenoxy) is 2. The zero-order chi connectivity index (χ0) is 38.9. The Morgan fingerprint density at radius 3 is 2.55 bits per heavy atom. The fourth-order valence-corrected chi connectivity index (χ4v) is 13.8. The van der Waals surface area contributed by atoms with Gasteiger partial charge in [0.2, 0.25) is 5.60 Å². The second kappa shape index (κ2) is 12.4. The molecule has 2 saturated heterocycles. The monoisotopic (exact) mass is 748 g/mol. The Morgan fingerprint density at radius 2 is 1.82 bits per heavy atom. The molecule has 9 rings (SSSR count). The lowest BCUT2D eigenvalue weighted by Crippen LogP contribution is -2.81. The van der Waals surface area contributed by atoms with Gasteiger partial charge in [-0.25, -0.2) is 4.79 Å². The fraction of sp³-hybridized carbons (Fsp3) is 0.609. The van der Waals surface area contributed by atoms with Gasteiger partial charge in [0.05, 0.1) is 13.2 Å². The molecule has 1 spiro atoms. The quantitative estimate of drug-likeness (QED) is 0.228. The summed E-state index contributed by atoms with van der Waals surface area (Å²) in [5.41, 5.74) is 5.01. The van der Waals surface area contributed by atoms with Crippen molar-refractivity contribution >= 4 is 28.5 Å². The molecule has 6 aliphatic rings. The first kappa shape index (κ1) is 36.9. The number of aromatic nitrogens is 1. The molecule has 2 N–H and O–H groups in total. The number of benzene rings is 2. The Kier molecular flexibility index (Phi) is 8.34. The molecule has 0 radical (unpaired) electrons. The number of nitrogens with one attached hydrogen (secondary N) is 1. The van der Waals surface area contributed by atoms with E-state index in [1.54, 1.807) is 0 Å². The van der Waals surface area contributed by atoms with Crippen LogP contribution in [-0.2, 0) is 36.3 Å². The number of fused-ring (bicyclic) bond motifs is 6. The third-order valence-electron chi connectivity index (χ3n) is 15.8. The number of likely N-dealkylation sites (N-methyl/N-ethyl adjacent to an activating group) is 1. The van der Waals surface area contributed by atoms with Gasteiger partial charge in [0, 0.05) is 84.7 Å². The summed E-state index contributed by atoms with van der Waals surface area (Å²) in [6.45, 7) is 17.9. The average Bonchev–Trinajstić information content (AvgIpc) is 3.82. The third-order valence-corrected chi connectivity index (χ3v) is 15.8. The molecule has 3 unspecified atom stereocenters. The van der Waals surface area contributed by atoms with Crippen LogP contribution in [-0.4, -0.2) is 102 Å². The normalized spacial score (nSPS) is 39.0. The van der Waals surface area contributed by atoms with Crippen molar-refractivity contribution in [3.05, 3.63) is 76.5 Å². The molecule has 9 heteroatoms. The largest absolute Gasteiger partial charge is 0.467 e. The molecule has 9 nitrogen and oxygen atoms in total. The summed E-state index contributed by atoms with van der Waals surface area (Å²) in [5.74, 6) is -0.755. The topological polar surface area (TPSA) is 98.3 Å². The zero-order valence-corrected chi connectivity index (χ0v) is 34.1. The van der Waals surface area contributed by atoms with Crippen molar-refractivity contribution in [3.8, 4) is 0 Å². The number of nitrogens with zero attached hydrogens (tertiary/aromatic N) is 3. The summed E-state index contributed by atoms with van der Waals surface area (Å²) in [4.78, 5) is 38.7. The number of anilines is 1. The van der Waals surface area contributed by atoms with Crippen molar-refractivity contribution in [2.24, 2.45) is 16.7 Å². The van der Waals surface area contributed by atoms with Gasteiger partial charge >= 0.3 is 11.9 Å². The van der Waals surface area contributed by atoms with E-state index in [9.17, 15) is 14.7 Å². The Hall–Kier alpha value is -3.66. The van der Waals surface area contributed by atoms with E-state index in [-0.39, 0.29) is 16.9 Å². The summed E-state index contributed by atoms with van der Waals surface area (Å²) < 4.78 is 11.7. The maximum Gasteiger partial charge on any atom is 0.344 e. The highest BCUT2D eigenvalue weighted by atomic mass is 16.6. The second-order valence-electron chi connectivity index (χ2n) is 18.8. The Morgan fingerprint density at radius 1 is 1.04 bits per heavy atom. The number of hydrogen-bond acceptors (Lipinski definition) is 8. The molecule has 3 aromatic rings. The maximum absolute atomic E-state index is 14.3. The third kappa shape index (κ3) is 4.81. The van der Waals surface area contributed by atoms with Crippen LogP contribution in [0, 0.1) is 23.7 Å². The van der Waals surface area contributed by atoms with Crippen LogP contribution in [0.4, 0.5) is 5.69 Å². The predicted octanol–water partition coefficient (Wildman–Crippen LogP) is 6.41. The first-order valence-corrected chi connectivity index (χ1v) is 20.8. The molecule has 55 heavy (non-hydrogen) atoms. The standard InChI is InChI=1S/C46H60N4O5/c1-9-42(5)24-30-25-43(6,37-32(16-20-49(26-30)27-42)31-14-11-12-15-35(31)47-37)33-23-34-36(22-28(33)3)48(7)39-45(34)18-21-50-19-13-17-44(10-2,38(45)50)40(55-29(4)51)46(39,53)41(52)54-8/h11-15,17,22-23,30,38-40,47,53H,9-10,16,18-21,24-27H2,1-8H3/t30-,38+,39-,40-,42?,43-,44-,45-,46?/m1/s1. The Bertz CT molecular complexity index is 2110. The van der Waals surface area contributed by atoms with Gasteiger partial charge in [-0.1, -0.05) is 57.2 Å². The van der Waals surface area contributed by atoms with E-state index in [4.69, 9.17) is 9.47 Å². The Balaban J connectivity index is 1.30. The first-order valence-electron chi connectivity index (χ1n) is 20.8. The molecular weight excluding hydrogens is 689 g/mol. The predicted molar refractivity (Wildman–Crippen MR) is 215 cm³/mol. The van der Waals surface area contributed by atoms with Crippen LogP contribution in [0.1, 0.15) is 94.7 Å². The van der Waals surface area contributed by atoms with Crippen LogP contribution in [0.2, 0.25) is 0 Å². The van der Waals surface area contributed by atoms with Gasteiger partial charge in [-0.05, 0) is 105 Å². The van der Waals surface area contributed by atoms with Crippen LogP contribution in [0.5, 0.6) is 0 Å². The number of para-hydroxylation sites is 1. The molecule has 1 aromatic heterocycles. The van der Waals surface area contributed by atoms with Gasteiger partial charge in [-0.3, -0.25) is 9.69 Å². The van der Waals surface area contributed by atoms with Gasteiger partial charge in [-0.2, -0.15) is 0 Å². The minimum atomic E-state index is -2.13. The lowest BCUT2D eigenvalue weighted by molar-refractivity contribution is -0.228. The molecule has 0 amide bonds. The summed E-state index contributed by atoms with van der Waals surface area (Å²) in [7, 11) is 3.34. The van der Waals surface area contributed by atoms with Gasteiger partial charge in [0.25, 0.3) is 0 Å². The van der Waals surface area contributed by atoms with E-state index in [1.807, 2.05) is 7.05 Å². The summed E-state index contributed by atoms with van der Waals surface area (Å²) in [5, 5.41) is 14.6. The van der Waals surface area contributed by atoms with Crippen LogP contribution in [0.25, 0.3) is 10.9 Å². The molecule has 1 saturated carbocycles. The molecule has 294 valence electrons. The summed E-state index contributed by atoms with van der Waals surface area (Å²) >= 11 is 0. The molecule has 1 aliphatic carbocycles. The number of H-pyrrole nitrogens is 1. The highest BCUT2D eigenvalue weighted by molar-refractivity contribution is 5.88. The van der Waals surface area contributed by atoms with E-state index in [0.717, 1.165) is 57.7 Å². The van der Waals surface area contributed by atoms with Gasteiger partial charge < -0.3 is 29.4 Å². The number of piperidine rings is 1. The van der Waals surface area contributed by atoms with Crippen molar-refractivity contribution in [3.63, 3.8) is 0 Å². The van der Waals surface area contributed by atoms with E-state index in [1.165, 1.54) is 65.7 Å². The van der Waals surface area contributed by atoms with E-state index in [2.05, 4.69) is 103 Å². The average molecular weight is 749 g/mol. The van der Waals surface area contributed by atoms with Gasteiger partial charge in [-0.15, -0.1) is 0 Å². The number of hydrogen-bond donors (Lipinski definition) is 2. The fourth-order valence-electron chi connectivity index (χ4n) is 13.8. The van der Waals surface area contributed by atoms with E-state index in [0.29, 0.717) is 12.3 Å². The number of esters is 2. The number of aromatic amines is 1. The highest BCUT2D eigenvalue weighted by Crippen LogP contribution is 2.68. The minimum Gasteiger partial charge on any atom is -0.467 e. The maximum atomic E-state index is 14.3. The first-order chi connectivity index (χ1) is 26.2. The van der Waals surface area contributed by atoms with E-state index >= 15 is 0 Å². The molecule has 6 heterocycles. The van der Waals surface area contributed by atoms with Crippen molar-refractivity contribution in [1.82, 2.24) is 14.8 Å². The number of aryl methyl sites for hydroxylation is 1. The number of rotatable bonds is 5. The molecule has 2 bridgehead atoms. The lowest BCUT2D eigenvalue weighted by atomic mass is 9.47. The summed E-state index contributed by atoms with van der Waals surface area (Å²) in [6, 6.07) is 12.8. The van der Waals surface area contributed by atoms with Gasteiger partial charge in [0.1, 0.15) is 0 Å². The molecule has 5 aliphatic heterocycles. The van der Waals surface area contributed by atoms with Crippen molar-refractivity contribution in [2.75, 3.05) is 51.8 Å². The smallest absolute Gasteiger partial charge is 0.344 e. The number of carbonyl (C=O) groups excluding carboxylic acids is 2. The lowest BCUT2D eigenvalue weighted by Gasteiger charge is -2.63. The van der Waals surface area contributed by atoms with Crippen molar-refractivity contribution < 1.29 is 24.2 Å². The second-order valence-corrected chi connectivity index (χ2v) is 18.8. The van der Waals surface area contributed by atoms with Crippen LogP contribution < -0.4 is 4.90 Å². The van der Waals surface area contributed by atoms with Crippen LogP contribution >= 0.6 is 0 Å². The zero-order valence-electron chi connectivity index (χ0n) is 34.1. The molecular formula is C46H60N4O5.